The molecular formula is C30H27F5O2. The first-order valence-electron chi connectivity index (χ1n) is 12.0. The van der Waals surface area contributed by atoms with Crippen LogP contribution >= 0.6 is 0 Å². The summed E-state index contributed by atoms with van der Waals surface area (Å²) < 4.78 is 76.2. The monoisotopic (exact) mass is 514 g/mol. The van der Waals surface area contributed by atoms with Crippen LogP contribution in [0, 0.1) is 11.6 Å². The minimum atomic E-state index is -4.39. The van der Waals surface area contributed by atoms with Gasteiger partial charge in [0.05, 0.1) is 6.61 Å². The van der Waals surface area contributed by atoms with E-state index < -0.39 is 12.8 Å². The van der Waals surface area contributed by atoms with Crippen LogP contribution in [-0.2, 0) is 37.0 Å². The molecule has 0 amide bonds. The van der Waals surface area contributed by atoms with Gasteiger partial charge < -0.3 is 9.47 Å². The second-order valence-corrected chi connectivity index (χ2v) is 9.00. The molecule has 0 spiro atoms. The topological polar surface area (TPSA) is 18.5 Å². The third-order valence-corrected chi connectivity index (χ3v) is 6.22. The third kappa shape index (κ3) is 7.29. The van der Waals surface area contributed by atoms with Gasteiger partial charge in [-0.2, -0.15) is 13.2 Å². The van der Waals surface area contributed by atoms with Crippen molar-refractivity contribution in [3.8, 4) is 5.75 Å². The predicted octanol–water partition coefficient (Wildman–Crippen LogP) is 7.78. The van der Waals surface area contributed by atoms with E-state index in [0.29, 0.717) is 48.8 Å². The highest BCUT2D eigenvalue weighted by atomic mass is 19.4. The van der Waals surface area contributed by atoms with Crippen LogP contribution in [0.1, 0.15) is 27.8 Å². The molecule has 4 aromatic rings. The Bertz CT molecular complexity index is 1350. The van der Waals surface area contributed by atoms with E-state index in [-0.39, 0.29) is 17.4 Å². The van der Waals surface area contributed by atoms with Crippen LogP contribution in [0.25, 0.3) is 10.8 Å². The highest BCUT2D eigenvalue weighted by Crippen LogP contribution is 2.25. The van der Waals surface area contributed by atoms with Gasteiger partial charge in [-0.05, 0) is 77.1 Å². The van der Waals surface area contributed by atoms with Gasteiger partial charge in [-0.25, -0.2) is 8.78 Å². The minimum Gasteiger partial charge on any atom is -0.484 e. The summed E-state index contributed by atoms with van der Waals surface area (Å²) in [5.41, 5.74) is 3.84. The molecule has 7 heteroatoms. The van der Waals surface area contributed by atoms with Crippen LogP contribution in [0.15, 0.2) is 72.8 Å². The largest absolute Gasteiger partial charge is 0.484 e. The predicted molar refractivity (Wildman–Crippen MR) is 134 cm³/mol. The summed E-state index contributed by atoms with van der Waals surface area (Å²) in [5, 5.41) is 1.30. The molecule has 0 fully saturated rings. The zero-order valence-corrected chi connectivity index (χ0v) is 20.4. The molecule has 4 rings (SSSR count). The maximum absolute atomic E-state index is 15.2. The Labute approximate surface area is 212 Å². The lowest BCUT2D eigenvalue weighted by Gasteiger charge is -2.11. The fraction of sp³-hybridized carbons (Fsp3) is 0.267. The Morgan fingerprint density at radius 1 is 0.676 bits per heavy atom. The molecule has 0 saturated heterocycles. The fourth-order valence-electron chi connectivity index (χ4n) is 4.26. The van der Waals surface area contributed by atoms with E-state index in [1.807, 2.05) is 24.3 Å². The summed E-state index contributed by atoms with van der Waals surface area (Å²) in [6.07, 6.45) is -2.24. The van der Waals surface area contributed by atoms with Crippen LogP contribution < -0.4 is 4.74 Å². The van der Waals surface area contributed by atoms with E-state index in [2.05, 4.69) is 0 Å². The molecule has 4 aromatic carbocycles. The molecule has 0 aliphatic heterocycles. The number of alkyl halides is 3. The number of halogens is 5. The zero-order valence-electron chi connectivity index (χ0n) is 20.4. The highest BCUT2D eigenvalue weighted by molar-refractivity contribution is 5.84. The van der Waals surface area contributed by atoms with E-state index in [9.17, 15) is 17.6 Å². The number of methoxy groups -OCH3 is 1. The molecule has 2 nitrogen and oxygen atoms in total. The van der Waals surface area contributed by atoms with Crippen molar-refractivity contribution >= 4 is 10.8 Å². The lowest BCUT2D eigenvalue weighted by atomic mass is 9.97. The molecule has 0 aliphatic rings. The molecule has 0 aliphatic carbocycles. The van der Waals surface area contributed by atoms with Crippen LogP contribution in [0.2, 0.25) is 0 Å². The Balaban J connectivity index is 1.38. The number of fused-ring (bicyclic) bond motifs is 1. The molecule has 0 saturated carbocycles. The van der Waals surface area contributed by atoms with Gasteiger partial charge in [-0.3, -0.25) is 0 Å². The zero-order chi connectivity index (χ0) is 26.4. The van der Waals surface area contributed by atoms with Gasteiger partial charge in [-0.15, -0.1) is 0 Å². The highest BCUT2D eigenvalue weighted by Gasteiger charge is 2.28. The SMILES string of the molecule is COCc1ccc(CCc2ccc3c(F)c(CCc4ccc(OCC(F)(F)F)cc4)ccc3c2)c(F)c1. The minimum absolute atomic E-state index is 0.139. The first-order chi connectivity index (χ1) is 17.7. The molecule has 194 valence electrons. The van der Waals surface area contributed by atoms with E-state index in [1.165, 1.54) is 18.2 Å². The summed E-state index contributed by atoms with van der Waals surface area (Å²) in [6, 6.07) is 20.7. The Morgan fingerprint density at radius 2 is 1.32 bits per heavy atom. The van der Waals surface area contributed by atoms with Gasteiger partial charge in [0, 0.05) is 12.5 Å². The number of aryl methyl sites for hydroxylation is 4. The molecule has 0 N–H and O–H groups in total. The summed E-state index contributed by atoms with van der Waals surface area (Å²) in [5.74, 6) is -0.400. The number of hydrogen-bond acceptors (Lipinski definition) is 2. The number of ether oxygens (including phenoxy) is 2. The van der Waals surface area contributed by atoms with Crippen molar-refractivity contribution in [2.45, 2.75) is 38.5 Å². The van der Waals surface area contributed by atoms with E-state index in [4.69, 9.17) is 9.47 Å². The molecule has 0 bridgehead atoms. The fourth-order valence-corrected chi connectivity index (χ4v) is 4.26. The molecule has 37 heavy (non-hydrogen) atoms. The standard InChI is InChI=1S/C30H27F5O2/c1-36-18-22-4-9-23(28(31)17-22)8-3-21-7-15-27-25(16-21)12-11-24(29(27)32)10-2-20-5-13-26(14-6-20)37-19-30(33,34)35/h4-7,9,11-17H,2-3,8,10,18-19H2,1H3. The summed E-state index contributed by atoms with van der Waals surface area (Å²) in [6.45, 7) is -0.975. The smallest absolute Gasteiger partial charge is 0.422 e. The van der Waals surface area contributed by atoms with Gasteiger partial charge >= 0.3 is 6.18 Å². The molecule has 0 aromatic heterocycles. The van der Waals surface area contributed by atoms with Gasteiger partial charge in [0.1, 0.15) is 17.4 Å². The van der Waals surface area contributed by atoms with Gasteiger partial charge in [0.2, 0.25) is 0 Å². The maximum atomic E-state index is 15.2. The van der Waals surface area contributed by atoms with Crippen LogP contribution in [0.4, 0.5) is 22.0 Å². The second kappa shape index (κ2) is 11.7. The average molecular weight is 515 g/mol. The van der Waals surface area contributed by atoms with Gasteiger partial charge in [0.25, 0.3) is 0 Å². The quantitative estimate of drug-likeness (QED) is 0.201. The number of rotatable bonds is 10. The molecular weight excluding hydrogens is 487 g/mol. The molecule has 0 atom stereocenters. The van der Waals surface area contributed by atoms with Crippen molar-refractivity contribution in [2.75, 3.05) is 13.7 Å². The number of hydrogen-bond donors (Lipinski definition) is 0. The van der Waals surface area contributed by atoms with Crippen molar-refractivity contribution in [3.63, 3.8) is 0 Å². The molecule has 0 unspecified atom stereocenters. The Kier molecular flexibility index (Phi) is 8.44. The van der Waals surface area contributed by atoms with E-state index >= 15 is 4.39 Å². The van der Waals surface area contributed by atoms with Crippen molar-refractivity contribution in [2.24, 2.45) is 0 Å². The van der Waals surface area contributed by atoms with Crippen LogP contribution in [0.5, 0.6) is 5.75 Å². The van der Waals surface area contributed by atoms with Gasteiger partial charge in [0.15, 0.2) is 6.61 Å². The lowest BCUT2D eigenvalue weighted by molar-refractivity contribution is -0.153. The average Bonchev–Trinajstić information content (AvgIpc) is 2.87. The van der Waals surface area contributed by atoms with Crippen molar-refractivity contribution < 1.29 is 31.4 Å². The Hall–Kier alpha value is -3.45. The van der Waals surface area contributed by atoms with Crippen LogP contribution in [0.3, 0.4) is 0 Å². The summed E-state index contributed by atoms with van der Waals surface area (Å²) in [7, 11) is 1.57. The van der Waals surface area contributed by atoms with Gasteiger partial charge in [-0.1, -0.05) is 54.6 Å². The van der Waals surface area contributed by atoms with E-state index in [1.54, 1.807) is 37.4 Å². The second-order valence-electron chi connectivity index (χ2n) is 9.00. The summed E-state index contributed by atoms with van der Waals surface area (Å²) in [4.78, 5) is 0. The third-order valence-electron chi connectivity index (χ3n) is 6.22. The van der Waals surface area contributed by atoms with Crippen molar-refractivity contribution in [1.82, 2.24) is 0 Å². The summed E-state index contributed by atoms with van der Waals surface area (Å²) >= 11 is 0. The first kappa shape index (κ1) is 26.6. The normalized spacial score (nSPS) is 11.7. The molecule has 0 heterocycles. The lowest BCUT2D eigenvalue weighted by Crippen LogP contribution is -2.19. The first-order valence-corrected chi connectivity index (χ1v) is 12.0. The maximum Gasteiger partial charge on any atom is 0.422 e. The van der Waals surface area contributed by atoms with Crippen molar-refractivity contribution in [3.05, 3.63) is 112 Å². The Morgan fingerprint density at radius 3 is 2.03 bits per heavy atom. The van der Waals surface area contributed by atoms with Crippen LogP contribution in [-0.4, -0.2) is 19.9 Å². The van der Waals surface area contributed by atoms with E-state index in [0.717, 1.165) is 22.1 Å². The van der Waals surface area contributed by atoms with Crippen molar-refractivity contribution in [1.29, 1.82) is 0 Å². The number of benzene rings is 4. The molecule has 0 radical (unpaired) electrons.